The number of para-hydroxylation sites is 1. The molecular weight excluding hydrogens is 370 g/mol. The van der Waals surface area contributed by atoms with E-state index in [-0.39, 0.29) is 11.8 Å². The second-order valence-corrected chi connectivity index (χ2v) is 7.55. The van der Waals surface area contributed by atoms with Gasteiger partial charge in [-0.1, -0.05) is 49.9 Å². The van der Waals surface area contributed by atoms with E-state index in [1.54, 1.807) is 12.1 Å². The van der Waals surface area contributed by atoms with E-state index in [1.165, 1.54) is 11.8 Å². The van der Waals surface area contributed by atoms with Crippen molar-refractivity contribution < 1.29 is 9.59 Å². The molecule has 0 bridgehead atoms. The molecule has 2 amide bonds. The van der Waals surface area contributed by atoms with Crippen molar-refractivity contribution in [2.24, 2.45) is 0 Å². The first-order valence-corrected chi connectivity index (χ1v) is 10.3. The van der Waals surface area contributed by atoms with Gasteiger partial charge in [0.1, 0.15) is 0 Å². The third-order valence-electron chi connectivity index (χ3n) is 4.66. The highest BCUT2D eigenvalue weighted by atomic mass is 32.2. The minimum atomic E-state index is -0.109. The van der Waals surface area contributed by atoms with Crippen LogP contribution in [0.2, 0.25) is 0 Å². The van der Waals surface area contributed by atoms with Gasteiger partial charge in [0.05, 0.1) is 10.6 Å². The van der Waals surface area contributed by atoms with E-state index in [4.69, 9.17) is 0 Å². The van der Waals surface area contributed by atoms with Gasteiger partial charge < -0.3 is 15.5 Å². The van der Waals surface area contributed by atoms with Crippen molar-refractivity contribution in [2.45, 2.75) is 18.7 Å². The molecule has 0 unspecified atom stereocenters. The van der Waals surface area contributed by atoms with Crippen molar-refractivity contribution in [1.82, 2.24) is 10.2 Å². The van der Waals surface area contributed by atoms with Gasteiger partial charge >= 0.3 is 0 Å². The smallest absolute Gasteiger partial charge is 0.262 e. The SMILES string of the molecule is CCN(CC)CCNC(=O)c1ccc(C=C2Sc3ccccc3NC2=O)cc1. The summed E-state index contributed by atoms with van der Waals surface area (Å²) in [6.07, 6.45) is 1.85. The average molecular weight is 396 g/mol. The highest BCUT2D eigenvalue weighted by molar-refractivity contribution is 8.04. The number of thioether (sulfide) groups is 1. The topological polar surface area (TPSA) is 61.4 Å². The zero-order valence-electron chi connectivity index (χ0n) is 16.2. The van der Waals surface area contributed by atoms with Crippen LogP contribution in [-0.4, -0.2) is 42.9 Å². The summed E-state index contributed by atoms with van der Waals surface area (Å²) in [6.45, 7) is 7.65. The summed E-state index contributed by atoms with van der Waals surface area (Å²) in [6, 6.07) is 15.0. The molecule has 5 nitrogen and oxygen atoms in total. The molecule has 0 fully saturated rings. The van der Waals surface area contributed by atoms with Crippen molar-refractivity contribution >= 4 is 35.3 Å². The molecule has 6 heteroatoms. The van der Waals surface area contributed by atoms with Gasteiger partial charge in [0, 0.05) is 23.5 Å². The fourth-order valence-electron chi connectivity index (χ4n) is 2.95. The number of nitrogens with zero attached hydrogens (tertiary/aromatic N) is 1. The number of fused-ring (bicyclic) bond motifs is 1. The molecule has 1 heterocycles. The van der Waals surface area contributed by atoms with Crippen LogP contribution in [0.5, 0.6) is 0 Å². The van der Waals surface area contributed by atoms with Crippen LogP contribution >= 0.6 is 11.8 Å². The Morgan fingerprint density at radius 3 is 2.54 bits per heavy atom. The quantitative estimate of drug-likeness (QED) is 0.699. The van der Waals surface area contributed by atoms with Gasteiger partial charge in [-0.2, -0.15) is 0 Å². The lowest BCUT2D eigenvalue weighted by Crippen LogP contribution is -2.34. The fourth-order valence-corrected chi connectivity index (χ4v) is 3.91. The van der Waals surface area contributed by atoms with Crippen molar-refractivity contribution in [3.8, 4) is 0 Å². The number of carbonyl (C=O) groups is 2. The summed E-state index contributed by atoms with van der Waals surface area (Å²) in [5.74, 6) is -0.188. The predicted molar refractivity (Wildman–Crippen MR) is 115 cm³/mol. The highest BCUT2D eigenvalue weighted by Crippen LogP contribution is 2.38. The van der Waals surface area contributed by atoms with Crippen LogP contribution in [0.1, 0.15) is 29.8 Å². The van der Waals surface area contributed by atoms with Gasteiger partial charge in [-0.05, 0) is 49.0 Å². The highest BCUT2D eigenvalue weighted by Gasteiger charge is 2.20. The molecule has 1 aliphatic heterocycles. The summed E-state index contributed by atoms with van der Waals surface area (Å²) >= 11 is 1.45. The number of likely N-dealkylation sites (N-methyl/N-ethyl adjacent to an activating group) is 1. The van der Waals surface area contributed by atoms with Gasteiger partial charge in [-0.25, -0.2) is 0 Å². The maximum atomic E-state index is 12.3. The molecule has 0 saturated carbocycles. The summed E-state index contributed by atoms with van der Waals surface area (Å²) in [4.78, 5) is 28.5. The second kappa shape index (κ2) is 9.57. The fraction of sp³-hybridized carbons (Fsp3) is 0.273. The molecule has 1 aliphatic rings. The number of benzene rings is 2. The number of carbonyl (C=O) groups excluding carboxylic acids is 2. The summed E-state index contributed by atoms with van der Waals surface area (Å²) in [7, 11) is 0. The third-order valence-corrected chi connectivity index (χ3v) is 5.76. The first-order valence-electron chi connectivity index (χ1n) is 9.51. The van der Waals surface area contributed by atoms with Crippen molar-refractivity contribution in [1.29, 1.82) is 0 Å². The Bertz CT molecular complexity index is 874. The number of hydrogen-bond donors (Lipinski definition) is 2. The second-order valence-electron chi connectivity index (χ2n) is 6.47. The molecular formula is C22H25N3O2S. The Kier molecular flexibility index (Phi) is 6.90. The minimum Gasteiger partial charge on any atom is -0.351 e. The van der Waals surface area contributed by atoms with E-state index in [2.05, 4.69) is 29.4 Å². The van der Waals surface area contributed by atoms with Gasteiger partial charge in [-0.15, -0.1) is 0 Å². The standard InChI is InChI=1S/C22H25N3O2S/c1-3-25(4-2)14-13-23-21(26)17-11-9-16(10-12-17)15-20-22(27)24-18-7-5-6-8-19(18)28-20/h5-12,15H,3-4,13-14H2,1-2H3,(H,23,26)(H,24,27). The van der Waals surface area contributed by atoms with Gasteiger partial charge in [0.2, 0.25) is 0 Å². The van der Waals surface area contributed by atoms with Gasteiger partial charge in [0.15, 0.2) is 0 Å². The number of rotatable bonds is 7. The number of nitrogens with one attached hydrogen (secondary N) is 2. The molecule has 0 saturated heterocycles. The van der Waals surface area contributed by atoms with Crippen LogP contribution in [0.3, 0.4) is 0 Å². The van der Waals surface area contributed by atoms with E-state index in [9.17, 15) is 9.59 Å². The Morgan fingerprint density at radius 2 is 1.82 bits per heavy atom. The molecule has 2 N–H and O–H groups in total. The molecule has 0 aromatic heterocycles. The normalized spacial score (nSPS) is 14.7. The van der Waals surface area contributed by atoms with Crippen LogP contribution in [0.25, 0.3) is 6.08 Å². The summed E-state index contributed by atoms with van der Waals surface area (Å²) in [5.41, 5.74) is 2.34. The first kappa shape index (κ1) is 20.2. The number of hydrogen-bond acceptors (Lipinski definition) is 4. The lowest BCUT2D eigenvalue weighted by molar-refractivity contribution is -0.112. The van der Waals surface area contributed by atoms with Crippen LogP contribution in [0.15, 0.2) is 58.3 Å². The molecule has 146 valence electrons. The molecule has 2 aromatic carbocycles. The van der Waals surface area contributed by atoms with Gasteiger partial charge in [-0.3, -0.25) is 9.59 Å². The molecule has 0 radical (unpaired) electrons. The maximum absolute atomic E-state index is 12.3. The number of amides is 2. The summed E-state index contributed by atoms with van der Waals surface area (Å²) in [5, 5.41) is 5.86. The van der Waals surface area contributed by atoms with Crippen LogP contribution < -0.4 is 10.6 Å². The lowest BCUT2D eigenvalue weighted by Gasteiger charge is -2.18. The largest absolute Gasteiger partial charge is 0.351 e. The molecule has 0 aliphatic carbocycles. The average Bonchev–Trinajstić information content (AvgIpc) is 2.72. The Balaban J connectivity index is 1.62. The van der Waals surface area contributed by atoms with Crippen LogP contribution in [0, 0.1) is 0 Å². The van der Waals surface area contributed by atoms with Crippen molar-refractivity contribution in [3.05, 3.63) is 64.6 Å². The zero-order valence-corrected chi connectivity index (χ0v) is 17.0. The molecule has 0 spiro atoms. The lowest BCUT2D eigenvalue weighted by atomic mass is 10.1. The van der Waals surface area contributed by atoms with E-state index >= 15 is 0 Å². The predicted octanol–water partition coefficient (Wildman–Crippen LogP) is 3.84. The first-order chi connectivity index (χ1) is 13.6. The molecule has 0 atom stereocenters. The van der Waals surface area contributed by atoms with E-state index in [0.29, 0.717) is 17.0 Å². The van der Waals surface area contributed by atoms with Crippen LogP contribution in [-0.2, 0) is 4.79 Å². The summed E-state index contributed by atoms with van der Waals surface area (Å²) < 4.78 is 0. The minimum absolute atomic E-state index is 0.0786. The maximum Gasteiger partial charge on any atom is 0.262 e. The molecule has 2 aromatic rings. The monoisotopic (exact) mass is 395 g/mol. The van der Waals surface area contributed by atoms with Crippen LogP contribution in [0.4, 0.5) is 5.69 Å². The molecule has 3 rings (SSSR count). The van der Waals surface area contributed by atoms with E-state index in [0.717, 1.165) is 35.8 Å². The molecule has 28 heavy (non-hydrogen) atoms. The third kappa shape index (κ3) is 5.03. The van der Waals surface area contributed by atoms with E-state index < -0.39 is 0 Å². The zero-order chi connectivity index (χ0) is 19.9. The number of anilines is 1. The van der Waals surface area contributed by atoms with Crippen molar-refractivity contribution in [3.63, 3.8) is 0 Å². The Morgan fingerprint density at radius 1 is 1.11 bits per heavy atom. The van der Waals surface area contributed by atoms with Gasteiger partial charge in [0.25, 0.3) is 11.8 Å². The van der Waals surface area contributed by atoms with E-state index in [1.807, 2.05) is 42.5 Å². The Hall–Kier alpha value is -2.57. The Labute approximate surface area is 170 Å². The van der Waals surface area contributed by atoms with Crippen molar-refractivity contribution in [2.75, 3.05) is 31.5 Å².